The van der Waals surface area contributed by atoms with Gasteiger partial charge in [-0.1, -0.05) is 11.3 Å². The Morgan fingerprint density at radius 2 is 2.06 bits per heavy atom. The molecule has 0 saturated carbocycles. The zero-order valence-electron chi connectivity index (χ0n) is 11.1. The number of nitrogens with one attached hydrogen (secondary N) is 1. The molecule has 6 heteroatoms. The molecule has 0 aliphatic rings. The number of aromatic nitrogens is 4. The average Bonchev–Trinajstić information content (AvgIpc) is 2.82. The van der Waals surface area contributed by atoms with Crippen LogP contribution >= 0.6 is 23.6 Å². The standard InChI is InChI=1S/C12H18N4S2/c1-7(2)16-9(4)10(8(3)15-16)5-6-11-13-14-12(17)18-11/h7H,5-6H2,1-4H3,(H,14,17). The second-order valence-electron chi connectivity index (χ2n) is 4.69. The highest BCUT2D eigenvalue weighted by molar-refractivity contribution is 7.73. The molecular formula is C12H18N4S2. The second-order valence-corrected chi connectivity index (χ2v) is 6.44. The van der Waals surface area contributed by atoms with Gasteiger partial charge in [0.05, 0.1) is 5.69 Å². The van der Waals surface area contributed by atoms with Crippen molar-refractivity contribution in [3.63, 3.8) is 0 Å². The molecule has 0 saturated heterocycles. The van der Waals surface area contributed by atoms with Gasteiger partial charge in [0.25, 0.3) is 0 Å². The van der Waals surface area contributed by atoms with Crippen molar-refractivity contribution < 1.29 is 0 Å². The molecule has 0 bridgehead atoms. The summed E-state index contributed by atoms with van der Waals surface area (Å²) >= 11 is 6.59. The van der Waals surface area contributed by atoms with Gasteiger partial charge < -0.3 is 0 Å². The summed E-state index contributed by atoms with van der Waals surface area (Å²) in [6.45, 7) is 8.53. The van der Waals surface area contributed by atoms with Gasteiger partial charge in [-0.2, -0.15) is 10.2 Å². The Kier molecular flexibility index (Phi) is 3.97. The van der Waals surface area contributed by atoms with Crippen LogP contribution in [0.3, 0.4) is 0 Å². The number of aryl methyl sites for hydroxylation is 2. The first kappa shape index (κ1) is 13.4. The average molecular weight is 282 g/mol. The van der Waals surface area contributed by atoms with Gasteiger partial charge in [-0.25, -0.2) is 0 Å². The summed E-state index contributed by atoms with van der Waals surface area (Å²) in [7, 11) is 0. The van der Waals surface area contributed by atoms with E-state index in [1.165, 1.54) is 11.3 Å². The van der Waals surface area contributed by atoms with E-state index < -0.39 is 0 Å². The monoisotopic (exact) mass is 282 g/mol. The predicted octanol–water partition coefficient (Wildman–Crippen LogP) is 3.38. The van der Waals surface area contributed by atoms with Crippen LogP contribution in [0.5, 0.6) is 0 Å². The molecule has 0 aliphatic carbocycles. The highest BCUT2D eigenvalue weighted by Crippen LogP contribution is 2.19. The van der Waals surface area contributed by atoms with Gasteiger partial charge in [0.15, 0.2) is 3.95 Å². The SMILES string of the molecule is Cc1nn(C(C)C)c(C)c1CCc1n[nH]c(=S)s1. The number of nitrogens with zero attached hydrogens (tertiary/aromatic N) is 3. The fourth-order valence-electron chi connectivity index (χ4n) is 2.16. The second kappa shape index (κ2) is 5.32. The van der Waals surface area contributed by atoms with E-state index in [1.807, 2.05) is 0 Å². The maximum Gasteiger partial charge on any atom is 0.176 e. The van der Waals surface area contributed by atoms with Gasteiger partial charge in [-0.3, -0.25) is 9.78 Å². The van der Waals surface area contributed by atoms with E-state index in [4.69, 9.17) is 12.2 Å². The first-order valence-corrected chi connectivity index (χ1v) is 7.30. The lowest BCUT2D eigenvalue weighted by Gasteiger charge is -2.08. The van der Waals surface area contributed by atoms with Crippen LogP contribution in [0.2, 0.25) is 0 Å². The van der Waals surface area contributed by atoms with Crippen LogP contribution in [-0.2, 0) is 12.8 Å². The lowest BCUT2D eigenvalue weighted by atomic mass is 10.1. The normalized spacial score (nSPS) is 11.4. The van der Waals surface area contributed by atoms with Crippen molar-refractivity contribution in [1.82, 2.24) is 20.0 Å². The maximum atomic E-state index is 5.04. The summed E-state index contributed by atoms with van der Waals surface area (Å²) < 4.78 is 2.84. The van der Waals surface area contributed by atoms with Gasteiger partial charge in [0, 0.05) is 18.2 Å². The summed E-state index contributed by atoms with van der Waals surface area (Å²) in [6, 6.07) is 0.407. The van der Waals surface area contributed by atoms with Gasteiger partial charge >= 0.3 is 0 Å². The lowest BCUT2D eigenvalue weighted by Crippen LogP contribution is -2.05. The number of hydrogen-bond acceptors (Lipinski definition) is 4. The maximum absolute atomic E-state index is 5.04. The van der Waals surface area contributed by atoms with Crippen molar-refractivity contribution in [2.75, 3.05) is 0 Å². The van der Waals surface area contributed by atoms with Crippen LogP contribution in [0.1, 0.15) is 41.8 Å². The number of H-pyrrole nitrogens is 1. The molecule has 2 aromatic heterocycles. The topological polar surface area (TPSA) is 46.5 Å². The minimum Gasteiger partial charge on any atom is -0.267 e. The van der Waals surface area contributed by atoms with Gasteiger partial charge in [0.2, 0.25) is 0 Å². The minimum absolute atomic E-state index is 0.407. The molecule has 2 aromatic rings. The Morgan fingerprint density at radius 1 is 1.33 bits per heavy atom. The van der Waals surface area contributed by atoms with Crippen LogP contribution in [0.4, 0.5) is 0 Å². The Balaban J connectivity index is 2.16. The molecule has 0 fully saturated rings. The molecule has 0 aromatic carbocycles. The van der Waals surface area contributed by atoms with Gasteiger partial charge in [-0.05, 0) is 51.9 Å². The fraction of sp³-hybridized carbons (Fsp3) is 0.583. The molecule has 1 N–H and O–H groups in total. The molecule has 0 amide bonds. The minimum atomic E-state index is 0.407. The molecule has 0 spiro atoms. The largest absolute Gasteiger partial charge is 0.267 e. The highest BCUT2D eigenvalue weighted by atomic mass is 32.1. The van der Waals surface area contributed by atoms with Crippen molar-refractivity contribution in [2.45, 2.75) is 46.6 Å². The van der Waals surface area contributed by atoms with Gasteiger partial charge in [0.1, 0.15) is 5.01 Å². The molecule has 0 radical (unpaired) electrons. The van der Waals surface area contributed by atoms with E-state index in [0.717, 1.165) is 27.5 Å². The van der Waals surface area contributed by atoms with Crippen LogP contribution in [0.15, 0.2) is 0 Å². The summed E-state index contributed by atoms with van der Waals surface area (Å²) in [5, 5.41) is 12.7. The molecule has 0 unspecified atom stereocenters. The number of rotatable bonds is 4. The Bertz CT molecular complexity index is 591. The predicted molar refractivity (Wildman–Crippen MR) is 76.8 cm³/mol. The molecule has 2 heterocycles. The molecule has 2 rings (SSSR count). The Hall–Kier alpha value is -1.01. The third kappa shape index (κ3) is 2.70. The van der Waals surface area contributed by atoms with Gasteiger partial charge in [-0.15, -0.1) is 0 Å². The zero-order chi connectivity index (χ0) is 13.3. The fourth-order valence-corrected chi connectivity index (χ4v) is 3.10. The van der Waals surface area contributed by atoms with E-state index in [9.17, 15) is 0 Å². The lowest BCUT2D eigenvalue weighted by molar-refractivity contribution is 0.515. The first-order valence-electron chi connectivity index (χ1n) is 6.08. The summed E-state index contributed by atoms with van der Waals surface area (Å²) in [5.74, 6) is 0. The van der Waals surface area contributed by atoms with Crippen molar-refractivity contribution in [3.8, 4) is 0 Å². The smallest absolute Gasteiger partial charge is 0.176 e. The molecule has 4 nitrogen and oxygen atoms in total. The van der Waals surface area contributed by atoms with Crippen molar-refractivity contribution in [1.29, 1.82) is 0 Å². The third-order valence-corrected chi connectivity index (χ3v) is 4.18. The van der Waals surface area contributed by atoms with Crippen LogP contribution < -0.4 is 0 Å². The van der Waals surface area contributed by atoms with E-state index in [-0.39, 0.29) is 0 Å². The van der Waals surface area contributed by atoms with E-state index >= 15 is 0 Å². The molecule has 0 atom stereocenters. The van der Waals surface area contributed by atoms with E-state index in [1.54, 1.807) is 11.3 Å². The molecular weight excluding hydrogens is 264 g/mol. The van der Waals surface area contributed by atoms with E-state index in [0.29, 0.717) is 6.04 Å². The Morgan fingerprint density at radius 3 is 2.56 bits per heavy atom. The van der Waals surface area contributed by atoms with Crippen molar-refractivity contribution >= 4 is 23.6 Å². The van der Waals surface area contributed by atoms with Crippen LogP contribution in [-0.4, -0.2) is 20.0 Å². The zero-order valence-corrected chi connectivity index (χ0v) is 12.8. The van der Waals surface area contributed by atoms with Crippen molar-refractivity contribution in [2.24, 2.45) is 0 Å². The first-order chi connectivity index (χ1) is 8.49. The highest BCUT2D eigenvalue weighted by Gasteiger charge is 2.13. The summed E-state index contributed by atoms with van der Waals surface area (Å²) in [4.78, 5) is 0. The number of aromatic amines is 1. The van der Waals surface area contributed by atoms with E-state index in [2.05, 4.69) is 47.7 Å². The Labute approximate surface area is 116 Å². The molecule has 0 aliphatic heterocycles. The van der Waals surface area contributed by atoms with Crippen LogP contribution in [0, 0.1) is 17.8 Å². The quantitative estimate of drug-likeness (QED) is 0.874. The third-order valence-electron chi connectivity index (χ3n) is 3.04. The summed E-state index contributed by atoms with van der Waals surface area (Å²) in [6.07, 6.45) is 1.89. The van der Waals surface area contributed by atoms with Crippen LogP contribution in [0.25, 0.3) is 0 Å². The summed E-state index contributed by atoms with van der Waals surface area (Å²) in [5.41, 5.74) is 3.73. The molecule has 98 valence electrons. The number of hydrogen-bond donors (Lipinski definition) is 1. The van der Waals surface area contributed by atoms with Crippen molar-refractivity contribution in [3.05, 3.63) is 25.9 Å². The molecule has 18 heavy (non-hydrogen) atoms.